The average Bonchev–Trinajstić information content (AvgIpc) is 3.16. The van der Waals surface area contributed by atoms with E-state index in [1.54, 1.807) is 30.3 Å². The first-order valence-corrected chi connectivity index (χ1v) is 9.95. The Kier molecular flexibility index (Phi) is 3.61. The molecule has 1 fully saturated rings. The van der Waals surface area contributed by atoms with Gasteiger partial charge < -0.3 is 5.32 Å². The summed E-state index contributed by atoms with van der Waals surface area (Å²) < 4.78 is 27.9. The molecule has 130 valence electrons. The van der Waals surface area contributed by atoms with Crippen LogP contribution in [0.3, 0.4) is 0 Å². The van der Waals surface area contributed by atoms with Crippen molar-refractivity contribution in [2.45, 2.75) is 42.9 Å². The van der Waals surface area contributed by atoms with Crippen molar-refractivity contribution in [3.05, 3.63) is 53.6 Å². The van der Waals surface area contributed by atoms with Gasteiger partial charge in [-0.25, -0.2) is 8.42 Å². The van der Waals surface area contributed by atoms with E-state index in [1.807, 2.05) is 19.1 Å². The fraction of sp³-hybridized carbons (Fsp3) is 0.316. The SMILES string of the molecule is Cc1cccc(S(=O)(=O)Nc2ccc3c(c2)C2(CCCC2)C(=O)N3)c1. The van der Waals surface area contributed by atoms with E-state index < -0.39 is 15.4 Å². The van der Waals surface area contributed by atoms with Crippen molar-refractivity contribution in [3.63, 3.8) is 0 Å². The number of rotatable bonds is 3. The van der Waals surface area contributed by atoms with E-state index in [2.05, 4.69) is 10.0 Å². The highest BCUT2D eigenvalue weighted by Crippen LogP contribution is 2.49. The van der Waals surface area contributed by atoms with Crippen LogP contribution < -0.4 is 10.0 Å². The molecule has 2 aromatic rings. The van der Waals surface area contributed by atoms with Crippen LogP contribution in [0.4, 0.5) is 11.4 Å². The Morgan fingerprint density at radius 1 is 1.08 bits per heavy atom. The van der Waals surface area contributed by atoms with Crippen LogP contribution in [0.2, 0.25) is 0 Å². The van der Waals surface area contributed by atoms with Gasteiger partial charge in [0.25, 0.3) is 10.0 Å². The number of amides is 1. The molecule has 2 aromatic carbocycles. The summed E-state index contributed by atoms with van der Waals surface area (Å²) in [5, 5.41) is 2.94. The molecule has 4 rings (SSSR count). The molecule has 2 aliphatic rings. The van der Waals surface area contributed by atoms with Crippen LogP contribution >= 0.6 is 0 Å². The van der Waals surface area contributed by atoms with Gasteiger partial charge in [0.1, 0.15) is 0 Å². The van der Waals surface area contributed by atoms with E-state index >= 15 is 0 Å². The number of aryl methyl sites for hydroxylation is 1. The number of anilines is 2. The number of carbonyl (C=O) groups is 1. The Morgan fingerprint density at radius 3 is 2.56 bits per heavy atom. The highest BCUT2D eigenvalue weighted by Gasteiger charge is 2.48. The van der Waals surface area contributed by atoms with Crippen molar-refractivity contribution in [1.82, 2.24) is 0 Å². The number of fused-ring (bicyclic) bond motifs is 2. The first-order chi connectivity index (χ1) is 11.9. The van der Waals surface area contributed by atoms with Gasteiger partial charge in [-0.2, -0.15) is 0 Å². The highest BCUT2D eigenvalue weighted by molar-refractivity contribution is 7.92. The summed E-state index contributed by atoms with van der Waals surface area (Å²) in [6.45, 7) is 1.86. The number of sulfonamides is 1. The van der Waals surface area contributed by atoms with Crippen molar-refractivity contribution < 1.29 is 13.2 Å². The van der Waals surface area contributed by atoms with Crippen LogP contribution in [-0.4, -0.2) is 14.3 Å². The van der Waals surface area contributed by atoms with Crippen molar-refractivity contribution in [2.75, 3.05) is 10.0 Å². The van der Waals surface area contributed by atoms with E-state index in [9.17, 15) is 13.2 Å². The quantitative estimate of drug-likeness (QED) is 0.883. The minimum Gasteiger partial charge on any atom is -0.325 e. The molecule has 1 aliphatic heterocycles. The van der Waals surface area contributed by atoms with Crippen LogP contribution in [0.15, 0.2) is 47.4 Å². The van der Waals surface area contributed by atoms with E-state index in [0.29, 0.717) is 5.69 Å². The Morgan fingerprint density at radius 2 is 1.84 bits per heavy atom. The summed E-state index contributed by atoms with van der Waals surface area (Å²) in [5.41, 5.74) is 2.60. The molecule has 1 spiro atoms. The summed E-state index contributed by atoms with van der Waals surface area (Å²) in [7, 11) is -3.66. The van der Waals surface area contributed by atoms with E-state index in [4.69, 9.17) is 0 Å². The summed E-state index contributed by atoms with van der Waals surface area (Å²) in [6.07, 6.45) is 3.68. The summed E-state index contributed by atoms with van der Waals surface area (Å²) in [6, 6.07) is 12.1. The molecular formula is C19H20N2O3S. The largest absolute Gasteiger partial charge is 0.325 e. The Hall–Kier alpha value is -2.34. The van der Waals surface area contributed by atoms with Crippen molar-refractivity contribution >= 4 is 27.3 Å². The lowest BCUT2D eigenvalue weighted by Gasteiger charge is -2.21. The maximum Gasteiger partial charge on any atom is 0.261 e. The van der Waals surface area contributed by atoms with E-state index in [-0.39, 0.29) is 10.8 Å². The second-order valence-electron chi connectivity index (χ2n) is 6.93. The predicted molar refractivity (Wildman–Crippen MR) is 97.2 cm³/mol. The molecule has 2 N–H and O–H groups in total. The highest BCUT2D eigenvalue weighted by atomic mass is 32.2. The van der Waals surface area contributed by atoms with Gasteiger partial charge in [-0.15, -0.1) is 0 Å². The van der Waals surface area contributed by atoms with Gasteiger partial charge >= 0.3 is 0 Å². The van der Waals surface area contributed by atoms with Gasteiger partial charge in [0.2, 0.25) is 5.91 Å². The van der Waals surface area contributed by atoms with Gasteiger partial charge in [0, 0.05) is 11.4 Å². The van der Waals surface area contributed by atoms with Crippen molar-refractivity contribution in [1.29, 1.82) is 0 Å². The predicted octanol–water partition coefficient (Wildman–Crippen LogP) is 3.56. The minimum absolute atomic E-state index is 0.0405. The molecule has 6 heteroatoms. The fourth-order valence-electron chi connectivity index (χ4n) is 3.95. The summed E-state index contributed by atoms with van der Waals surface area (Å²) in [5.74, 6) is 0.0405. The second kappa shape index (κ2) is 5.59. The third-order valence-electron chi connectivity index (χ3n) is 5.23. The van der Waals surface area contributed by atoms with Gasteiger partial charge in [-0.1, -0.05) is 25.0 Å². The average molecular weight is 356 g/mol. The van der Waals surface area contributed by atoms with Crippen LogP contribution in [0.25, 0.3) is 0 Å². The number of carbonyl (C=O) groups excluding carboxylic acids is 1. The maximum absolute atomic E-state index is 12.6. The van der Waals surface area contributed by atoms with Crippen molar-refractivity contribution in [3.8, 4) is 0 Å². The van der Waals surface area contributed by atoms with Crippen molar-refractivity contribution in [2.24, 2.45) is 0 Å². The Balaban J connectivity index is 1.70. The molecule has 0 saturated heterocycles. The standard InChI is InChI=1S/C19H20N2O3S/c1-13-5-4-6-15(11-13)25(23,24)21-14-7-8-17-16(12-14)19(18(22)20-17)9-2-3-10-19/h4-8,11-12,21H,2-3,9-10H2,1H3,(H,20,22). The molecule has 1 amide bonds. The topological polar surface area (TPSA) is 75.3 Å². The number of hydrogen-bond acceptors (Lipinski definition) is 3. The zero-order chi connectivity index (χ0) is 17.7. The lowest BCUT2D eigenvalue weighted by atomic mass is 9.80. The Bertz CT molecular complexity index is 960. The summed E-state index contributed by atoms with van der Waals surface area (Å²) in [4.78, 5) is 12.7. The number of benzene rings is 2. The van der Waals surface area contributed by atoms with Gasteiger partial charge in [0.05, 0.1) is 10.3 Å². The molecule has 25 heavy (non-hydrogen) atoms. The normalized spacial score (nSPS) is 18.2. The zero-order valence-corrected chi connectivity index (χ0v) is 14.8. The monoisotopic (exact) mass is 356 g/mol. The first kappa shape index (κ1) is 16.1. The molecule has 0 bridgehead atoms. The first-order valence-electron chi connectivity index (χ1n) is 8.46. The van der Waals surface area contributed by atoms with Gasteiger partial charge in [-0.3, -0.25) is 9.52 Å². The molecule has 0 aromatic heterocycles. The molecule has 1 heterocycles. The Labute approximate surface area is 147 Å². The maximum atomic E-state index is 12.6. The molecule has 1 aliphatic carbocycles. The van der Waals surface area contributed by atoms with Crippen LogP contribution in [0.1, 0.15) is 36.8 Å². The fourth-order valence-corrected chi connectivity index (χ4v) is 5.10. The third kappa shape index (κ3) is 2.61. The van der Waals surface area contributed by atoms with Gasteiger partial charge in [-0.05, 0) is 61.2 Å². The zero-order valence-electron chi connectivity index (χ0n) is 14.0. The lowest BCUT2D eigenvalue weighted by molar-refractivity contribution is -0.120. The van der Waals surface area contributed by atoms with Crippen LogP contribution in [0.5, 0.6) is 0 Å². The van der Waals surface area contributed by atoms with Crippen LogP contribution in [-0.2, 0) is 20.2 Å². The third-order valence-corrected chi connectivity index (χ3v) is 6.61. The van der Waals surface area contributed by atoms with Crippen LogP contribution in [0, 0.1) is 6.92 Å². The van der Waals surface area contributed by atoms with Gasteiger partial charge in [0.15, 0.2) is 0 Å². The second-order valence-corrected chi connectivity index (χ2v) is 8.61. The van der Waals surface area contributed by atoms with E-state index in [1.165, 1.54) is 0 Å². The molecule has 0 atom stereocenters. The molecular weight excluding hydrogens is 336 g/mol. The molecule has 5 nitrogen and oxygen atoms in total. The number of nitrogens with one attached hydrogen (secondary N) is 2. The number of hydrogen-bond donors (Lipinski definition) is 2. The smallest absolute Gasteiger partial charge is 0.261 e. The minimum atomic E-state index is -3.66. The molecule has 1 saturated carbocycles. The molecule has 0 unspecified atom stereocenters. The molecule has 0 radical (unpaired) electrons. The van der Waals surface area contributed by atoms with E-state index in [0.717, 1.165) is 42.5 Å². The summed E-state index contributed by atoms with van der Waals surface area (Å²) >= 11 is 0. The lowest BCUT2D eigenvalue weighted by Crippen LogP contribution is -2.31.